The second kappa shape index (κ2) is 6.78. The summed E-state index contributed by atoms with van der Waals surface area (Å²) in [6, 6.07) is 12.5. The topological polar surface area (TPSA) is 28.2 Å². The number of nitrogens with zero attached hydrogens (tertiary/aromatic N) is 2. The van der Waals surface area contributed by atoms with Crippen LogP contribution < -0.4 is 5.32 Å². The highest BCUT2D eigenvalue weighted by molar-refractivity contribution is 5.17. The molecule has 1 aromatic carbocycles. The molecule has 1 N–H and O–H groups in total. The van der Waals surface area contributed by atoms with E-state index < -0.39 is 0 Å². The molecular weight excluding hydrogens is 265 g/mol. The van der Waals surface area contributed by atoms with Gasteiger partial charge in [-0.15, -0.1) is 0 Å². The van der Waals surface area contributed by atoms with Crippen LogP contribution in [0.2, 0.25) is 0 Å². The molecule has 110 valence electrons. The highest BCUT2D eigenvalue weighted by Gasteiger charge is 2.22. The molecule has 1 unspecified atom stereocenters. The normalized spacial score (nSPS) is 19.6. The van der Waals surface area contributed by atoms with Gasteiger partial charge in [-0.25, -0.2) is 4.39 Å². The van der Waals surface area contributed by atoms with Crippen LogP contribution in [0.15, 0.2) is 48.8 Å². The molecule has 0 bridgehead atoms. The molecule has 1 fully saturated rings. The Morgan fingerprint density at radius 1 is 1.19 bits per heavy atom. The first-order valence-corrected chi connectivity index (χ1v) is 7.39. The Kier molecular flexibility index (Phi) is 4.58. The van der Waals surface area contributed by atoms with Gasteiger partial charge < -0.3 is 5.32 Å². The maximum atomic E-state index is 13.3. The van der Waals surface area contributed by atoms with E-state index in [4.69, 9.17) is 0 Å². The number of halogens is 1. The van der Waals surface area contributed by atoms with Crippen molar-refractivity contribution < 1.29 is 4.39 Å². The van der Waals surface area contributed by atoms with Crippen LogP contribution in [0.3, 0.4) is 0 Å². The van der Waals surface area contributed by atoms with E-state index >= 15 is 0 Å². The van der Waals surface area contributed by atoms with E-state index in [1.807, 2.05) is 6.07 Å². The van der Waals surface area contributed by atoms with E-state index in [1.54, 1.807) is 12.3 Å². The lowest BCUT2D eigenvalue weighted by Crippen LogP contribution is -2.51. The number of nitrogens with one attached hydrogen (secondary N) is 1. The second-order valence-electron chi connectivity index (χ2n) is 5.53. The molecule has 1 aliphatic rings. The summed E-state index contributed by atoms with van der Waals surface area (Å²) in [6.45, 7) is 3.68. The first kappa shape index (κ1) is 14.2. The molecule has 4 heteroatoms. The maximum absolute atomic E-state index is 13.3. The van der Waals surface area contributed by atoms with Crippen LogP contribution >= 0.6 is 0 Å². The molecule has 0 amide bonds. The van der Waals surface area contributed by atoms with Crippen LogP contribution in [0.5, 0.6) is 0 Å². The van der Waals surface area contributed by atoms with Crippen molar-refractivity contribution in [2.24, 2.45) is 0 Å². The maximum Gasteiger partial charge on any atom is 0.141 e. The Balaban J connectivity index is 1.69. The van der Waals surface area contributed by atoms with E-state index in [-0.39, 0.29) is 5.82 Å². The predicted octanol–water partition coefficient (Wildman–Crippen LogP) is 2.24. The Morgan fingerprint density at radius 3 is 2.86 bits per heavy atom. The molecule has 2 aromatic rings. The largest absolute Gasteiger partial charge is 0.314 e. The highest BCUT2D eigenvalue weighted by atomic mass is 19.1. The Bertz CT molecular complexity index is 573. The standard InChI is InChI=1S/C17H20FN3/c18-16-8-15(10-20-11-16)13-21-7-6-19-12-17(21)9-14-4-2-1-3-5-14/h1-5,8,10-11,17,19H,6-7,9,12-13H2. The zero-order chi connectivity index (χ0) is 14.5. The molecule has 1 atom stereocenters. The molecule has 1 aromatic heterocycles. The van der Waals surface area contributed by atoms with E-state index in [2.05, 4.69) is 39.5 Å². The van der Waals surface area contributed by atoms with Crippen molar-refractivity contribution in [2.45, 2.75) is 19.0 Å². The zero-order valence-electron chi connectivity index (χ0n) is 12.0. The van der Waals surface area contributed by atoms with Gasteiger partial charge in [-0.05, 0) is 23.6 Å². The molecule has 1 aliphatic heterocycles. The number of hydrogen-bond acceptors (Lipinski definition) is 3. The molecule has 21 heavy (non-hydrogen) atoms. The van der Waals surface area contributed by atoms with Crippen LogP contribution in [0.1, 0.15) is 11.1 Å². The summed E-state index contributed by atoms with van der Waals surface area (Å²) in [6.07, 6.45) is 4.02. The van der Waals surface area contributed by atoms with Gasteiger partial charge in [0.25, 0.3) is 0 Å². The van der Waals surface area contributed by atoms with Crippen LogP contribution in [-0.2, 0) is 13.0 Å². The lowest BCUT2D eigenvalue weighted by atomic mass is 10.0. The highest BCUT2D eigenvalue weighted by Crippen LogP contribution is 2.14. The van der Waals surface area contributed by atoms with Crippen molar-refractivity contribution in [3.05, 3.63) is 65.7 Å². The smallest absolute Gasteiger partial charge is 0.141 e. The third kappa shape index (κ3) is 3.86. The molecule has 3 rings (SSSR count). The van der Waals surface area contributed by atoms with Crippen molar-refractivity contribution >= 4 is 0 Å². The first-order chi connectivity index (χ1) is 10.3. The fourth-order valence-corrected chi connectivity index (χ4v) is 2.88. The SMILES string of the molecule is Fc1cncc(CN2CCNCC2Cc2ccccc2)c1. The molecule has 1 saturated heterocycles. The molecule has 2 heterocycles. The van der Waals surface area contributed by atoms with Crippen LogP contribution in [0.25, 0.3) is 0 Å². The molecular formula is C17H20FN3. The molecule has 0 radical (unpaired) electrons. The number of pyridine rings is 1. The molecule has 0 aliphatic carbocycles. The molecule has 0 spiro atoms. The van der Waals surface area contributed by atoms with Gasteiger partial charge in [0.15, 0.2) is 0 Å². The second-order valence-corrected chi connectivity index (χ2v) is 5.53. The summed E-state index contributed by atoms with van der Waals surface area (Å²) in [5, 5.41) is 3.45. The van der Waals surface area contributed by atoms with Crippen LogP contribution in [0.4, 0.5) is 4.39 Å². The Morgan fingerprint density at radius 2 is 2.05 bits per heavy atom. The van der Waals surface area contributed by atoms with Gasteiger partial charge >= 0.3 is 0 Å². The van der Waals surface area contributed by atoms with Gasteiger partial charge in [0, 0.05) is 38.4 Å². The fourth-order valence-electron chi connectivity index (χ4n) is 2.88. The van der Waals surface area contributed by atoms with Gasteiger partial charge in [0.1, 0.15) is 5.82 Å². The third-order valence-corrected chi connectivity index (χ3v) is 3.93. The summed E-state index contributed by atoms with van der Waals surface area (Å²) in [7, 11) is 0. The van der Waals surface area contributed by atoms with Crippen molar-refractivity contribution in [1.29, 1.82) is 0 Å². The minimum absolute atomic E-state index is 0.262. The average Bonchev–Trinajstić information content (AvgIpc) is 2.50. The summed E-state index contributed by atoms with van der Waals surface area (Å²) in [5.41, 5.74) is 2.28. The number of aromatic nitrogens is 1. The fraction of sp³-hybridized carbons (Fsp3) is 0.353. The van der Waals surface area contributed by atoms with E-state index in [0.29, 0.717) is 6.04 Å². The summed E-state index contributed by atoms with van der Waals surface area (Å²) >= 11 is 0. The zero-order valence-corrected chi connectivity index (χ0v) is 12.0. The van der Waals surface area contributed by atoms with Gasteiger partial charge in [-0.1, -0.05) is 30.3 Å². The van der Waals surface area contributed by atoms with Crippen molar-refractivity contribution in [3.8, 4) is 0 Å². The Labute approximate surface area is 124 Å². The van der Waals surface area contributed by atoms with Gasteiger partial charge in [-0.3, -0.25) is 9.88 Å². The monoisotopic (exact) mass is 285 g/mol. The lowest BCUT2D eigenvalue weighted by molar-refractivity contribution is 0.152. The molecule has 3 nitrogen and oxygen atoms in total. The summed E-state index contributed by atoms with van der Waals surface area (Å²) in [4.78, 5) is 6.36. The van der Waals surface area contributed by atoms with Crippen LogP contribution in [0, 0.1) is 5.82 Å². The molecule has 0 saturated carbocycles. The van der Waals surface area contributed by atoms with Crippen molar-refractivity contribution in [1.82, 2.24) is 15.2 Å². The number of piperazine rings is 1. The number of hydrogen-bond donors (Lipinski definition) is 1. The quantitative estimate of drug-likeness (QED) is 0.934. The lowest BCUT2D eigenvalue weighted by Gasteiger charge is -2.36. The van der Waals surface area contributed by atoms with Gasteiger partial charge in [-0.2, -0.15) is 0 Å². The van der Waals surface area contributed by atoms with E-state index in [9.17, 15) is 4.39 Å². The van der Waals surface area contributed by atoms with Crippen molar-refractivity contribution in [2.75, 3.05) is 19.6 Å². The number of rotatable bonds is 4. The number of benzene rings is 1. The predicted molar refractivity (Wildman–Crippen MR) is 81.4 cm³/mol. The van der Waals surface area contributed by atoms with E-state index in [1.165, 1.54) is 11.8 Å². The van der Waals surface area contributed by atoms with Gasteiger partial charge in [0.05, 0.1) is 6.20 Å². The summed E-state index contributed by atoms with van der Waals surface area (Å²) < 4.78 is 13.3. The minimum atomic E-state index is -0.262. The summed E-state index contributed by atoms with van der Waals surface area (Å²) in [5.74, 6) is -0.262. The van der Waals surface area contributed by atoms with E-state index in [0.717, 1.165) is 38.2 Å². The Hall–Kier alpha value is -1.78. The van der Waals surface area contributed by atoms with Crippen LogP contribution in [-0.4, -0.2) is 35.6 Å². The van der Waals surface area contributed by atoms with Crippen molar-refractivity contribution in [3.63, 3.8) is 0 Å². The average molecular weight is 285 g/mol. The first-order valence-electron chi connectivity index (χ1n) is 7.39. The minimum Gasteiger partial charge on any atom is -0.314 e. The third-order valence-electron chi connectivity index (χ3n) is 3.93. The van der Waals surface area contributed by atoms with Gasteiger partial charge in [0.2, 0.25) is 0 Å².